The largest absolute Gasteiger partial charge is 0.480 e. The summed E-state index contributed by atoms with van der Waals surface area (Å²) in [6.07, 6.45) is 2.32. The smallest absolute Gasteiger partial charge is 0.326 e. The molecular weight excluding hydrogens is 480 g/mol. The lowest BCUT2D eigenvalue weighted by atomic mass is 10.00. The van der Waals surface area contributed by atoms with E-state index in [1.807, 2.05) is 24.3 Å². The van der Waals surface area contributed by atoms with E-state index in [1.54, 1.807) is 20.0 Å². The number of para-hydroxylation sites is 1. The van der Waals surface area contributed by atoms with Gasteiger partial charge >= 0.3 is 5.97 Å². The Morgan fingerprint density at radius 1 is 1.03 bits per heavy atom. The number of hydrogen-bond donors (Lipinski definition) is 8. The molecular formula is C24H36N8O5. The first-order valence-corrected chi connectivity index (χ1v) is 12.0. The molecule has 2 aromatic rings. The van der Waals surface area contributed by atoms with E-state index < -0.39 is 41.8 Å². The number of fused-ring (bicyclic) bond motifs is 1. The number of H-pyrrole nitrogens is 1. The first-order valence-electron chi connectivity index (χ1n) is 12.0. The van der Waals surface area contributed by atoms with Gasteiger partial charge in [-0.3, -0.25) is 19.4 Å². The molecule has 202 valence electrons. The lowest BCUT2D eigenvalue weighted by Crippen LogP contribution is -2.58. The summed E-state index contributed by atoms with van der Waals surface area (Å²) in [6, 6.07) is 4.26. The molecule has 3 atom stereocenters. The number of aliphatic imine (C=N–C) groups is 1. The van der Waals surface area contributed by atoms with Crippen molar-refractivity contribution in [3.63, 3.8) is 0 Å². The normalized spacial score (nSPS) is 13.4. The Morgan fingerprint density at radius 2 is 1.73 bits per heavy atom. The molecule has 1 aromatic carbocycles. The predicted molar refractivity (Wildman–Crippen MR) is 139 cm³/mol. The van der Waals surface area contributed by atoms with Gasteiger partial charge in [0.2, 0.25) is 17.7 Å². The van der Waals surface area contributed by atoms with E-state index >= 15 is 0 Å². The van der Waals surface area contributed by atoms with E-state index in [1.165, 1.54) is 0 Å². The molecule has 3 unspecified atom stereocenters. The molecule has 0 spiro atoms. The average Bonchev–Trinajstić information content (AvgIpc) is 3.25. The van der Waals surface area contributed by atoms with Crippen LogP contribution in [0, 0.1) is 5.92 Å². The Kier molecular flexibility index (Phi) is 10.9. The van der Waals surface area contributed by atoms with E-state index in [0.29, 0.717) is 6.42 Å². The number of aromatic nitrogens is 1. The van der Waals surface area contributed by atoms with Crippen LogP contribution in [0.1, 0.15) is 32.3 Å². The molecule has 1 heterocycles. The number of carboxylic acids is 1. The number of carbonyl (C=O) groups is 4. The number of aliphatic carboxylic acids is 1. The second-order valence-corrected chi connectivity index (χ2v) is 8.97. The zero-order valence-corrected chi connectivity index (χ0v) is 21.0. The standard InChI is InChI=1S/C24H36N8O5/c1-13(2)20(22(35)31-17(23(36)37)8-5-9-28-24(26)27)32-21(34)18(30-19(33)11-25)10-14-12-29-16-7-4-3-6-15(14)16/h3-4,6-7,12-13,17-18,20,29H,5,8-11,25H2,1-2H3,(H,30,33)(H,31,35)(H,32,34)(H,36,37)(H4,26,27,28). The maximum absolute atomic E-state index is 13.3. The molecule has 13 heteroatoms. The molecule has 0 aliphatic rings. The van der Waals surface area contributed by atoms with Gasteiger partial charge in [0, 0.05) is 30.1 Å². The maximum atomic E-state index is 13.3. The van der Waals surface area contributed by atoms with E-state index in [0.717, 1.165) is 16.5 Å². The Balaban J connectivity index is 2.15. The highest BCUT2D eigenvalue weighted by atomic mass is 16.4. The average molecular weight is 517 g/mol. The summed E-state index contributed by atoms with van der Waals surface area (Å²) in [7, 11) is 0. The third-order valence-electron chi connectivity index (χ3n) is 5.74. The first kappa shape index (κ1) is 29.1. The van der Waals surface area contributed by atoms with Crippen LogP contribution in [-0.4, -0.2) is 71.0 Å². The molecule has 2 rings (SSSR count). The minimum atomic E-state index is -1.22. The number of guanidine groups is 1. The van der Waals surface area contributed by atoms with E-state index in [9.17, 15) is 24.3 Å². The number of nitrogens with one attached hydrogen (secondary N) is 4. The molecule has 0 bridgehead atoms. The van der Waals surface area contributed by atoms with Crippen LogP contribution in [0.5, 0.6) is 0 Å². The molecule has 1 aromatic heterocycles. The van der Waals surface area contributed by atoms with Crippen LogP contribution in [0.3, 0.4) is 0 Å². The second kappa shape index (κ2) is 13.8. The molecule has 0 aliphatic carbocycles. The Hall–Kier alpha value is -4.13. The predicted octanol–water partition coefficient (Wildman–Crippen LogP) is -1.08. The highest BCUT2D eigenvalue weighted by molar-refractivity contribution is 5.94. The zero-order valence-electron chi connectivity index (χ0n) is 21.0. The van der Waals surface area contributed by atoms with Gasteiger partial charge in [-0.05, 0) is 30.4 Å². The number of rotatable bonds is 14. The zero-order chi connectivity index (χ0) is 27.5. The van der Waals surface area contributed by atoms with Crippen molar-refractivity contribution < 1.29 is 24.3 Å². The monoisotopic (exact) mass is 516 g/mol. The van der Waals surface area contributed by atoms with Gasteiger partial charge in [0.25, 0.3) is 0 Å². The summed E-state index contributed by atoms with van der Waals surface area (Å²) in [5.74, 6) is -3.49. The van der Waals surface area contributed by atoms with Crippen molar-refractivity contribution in [2.75, 3.05) is 13.1 Å². The lowest BCUT2D eigenvalue weighted by molar-refractivity contribution is -0.142. The molecule has 0 saturated carbocycles. The number of benzene rings is 1. The van der Waals surface area contributed by atoms with Crippen molar-refractivity contribution in [1.82, 2.24) is 20.9 Å². The molecule has 0 fully saturated rings. The van der Waals surface area contributed by atoms with Gasteiger partial charge in [0.1, 0.15) is 18.1 Å². The van der Waals surface area contributed by atoms with Crippen LogP contribution in [-0.2, 0) is 25.6 Å². The van der Waals surface area contributed by atoms with Crippen molar-refractivity contribution in [3.8, 4) is 0 Å². The van der Waals surface area contributed by atoms with E-state index in [-0.39, 0.29) is 37.8 Å². The van der Waals surface area contributed by atoms with Crippen LogP contribution >= 0.6 is 0 Å². The van der Waals surface area contributed by atoms with Crippen molar-refractivity contribution in [2.45, 2.75) is 51.2 Å². The van der Waals surface area contributed by atoms with Crippen molar-refractivity contribution >= 4 is 40.6 Å². The minimum absolute atomic E-state index is 0.0896. The van der Waals surface area contributed by atoms with Gasteiger partial charge in [-0.1, -0.05) is 32.0 Å². The number of amides is 3. The summed E-state index contributed by atoms with van der Waals surface area (Å²) >= 11 is 0. The van der Waals surface area contributed by atoms with Crippen LogP contribution in [0.25, 0.3) is 10.9 Å². The molecule has 0 radical (unpaired) electrons. The first-order chi connectivity index (χ1) is 17.5. The van der Waals surface area contributed by atoms with Gasteiger partial charge in [-0.15, -0.1) is 0 Å². The number of carboxylic acid groups (broad SMARTS) is 1. The molecule has 0 saturated heterocycles. The quantitative estimate of drug-likeness (QED) is 0.0871. The fourth-order valence-corrected chi connectivity index (χ4v) is 3.79. The third-order valence-corrected chi connectivity index (χ3v) is 5.74. The summed E-state index contributed by atoms with van der Waals surface area (Å²) in [4.78, 5) is 56.9. The van der Waals surface area contributed by atoms with Gasteiger partial charge in [-0.2, -0.15) is 0 Å². The van der Waals surface area contributed by atoms with Crippen molar-refractivity contribution in [2.24, 2.45) is 28.1 Å². The summed E-state index contributed by atoms with van der Waals surface area (Å²) in [6.45, 7) is 3.33. The van der Waals surface area contributed by atoms with Gasteiger partial charge in [0.05, 0.1) is 6.54 Å². The van der Waals surface area contributed by atoms with Gasteiger partial charge in [-0.25, -0.2) is 4.79 Å². The van der Waals surface area contributed by atoms with E-state index in [2.05, 4.69) is 25.9 Å². The number of aromatic amines is 1. The van der Waals surface area contributed by atoms with Crippen LogP contribution in [0.4, 0.5) is 0 Å². The lowest BCUT2D eigenvalue weighted by Gasteiger charge is -2.26. The maximum Gasteiger partial charge on any atom is 0.326 e. The van der Waals surface area contributed by atoms with Gasteiger partial charge in [0.15, 0.2) is 5.96 Å². The number of carbonyl (C=O) groups excluding carboxylic acids is 3. The second-order valence-electron chi connectivity index (χ2n) is 8.97. The molecule has 3 amide bonds. The summed E-state index contributed by atoms with van der Waals surface area (Å²) in [5.41, 5.74) is 17.7. The number of nitrogens with two attached hydrogens (primary N) is 3. The fourth-order valence-electron chi connectivity index (χ4n) is 3.79. The van der Waals surface area contributed by atoms with Crippen LogP contribution in [0.15, 0.2) is 35.5 Å². The molecule has 37 heavy (non-hydrogen) atoms. The fraction of sp³-hybridized carbons (Fsp3) is 0.458. The Labute approximate surface area is 214 Å². The van der Waals surface area contributed by atoms with Gasteiger partial charge < -0.3 is 43.2 Å². The minimum Gasteiger partial charge on any atom is -0.480 e. The SMILES string of the molecule is CC(C)C(NC(=O)C(Cc1c[nH]c2ccccc12)NC(=O)CN)C(=O)NC(CCCN=C(N)N)C(=O)O. The Bertz CT molecular complexity index is 1130. The van der Waals surface area contributed by atoms with E-state index in [4.69, 9.17) is 17.2 Å². The molecule has 11 N–H and O–H groups in total. The highest BCUT2D eigenvalue weighted by Crippen LogP contribution is 2.19. The summed E-state index contributed by atoms with van der Waals surface area (Å²) < 4.78 is 0. The topological polar surface area (TPSA) is 231 Å². The third kappa shape index (κ3) is 8.79. The van der Waals surface area contributed by atoms with Crippen LogP contribution in [0.2, 0.25) is 0 Å². The molecule has 0 aliphatic heterocycles. The molecule has 13 nitrogen and oxygen atoms in total. The Morgan fingerprint density at radius 3 is 2.35 bits per heavy atom. The van der Waals surface area contributed by atoms with Crippen LogP contribution < -0.4 is 33.2 Å². The summed E-state index contributed by atoms with van der Waals surface area (Å²) in [5, 5.41) is 18.2. The van der Waals surface area contributed by atoms with Crippen molar-refractivity contribution in [3.05, 3.63) is 36.0 Å². The number of nitrogens with zero attached hydrogens (tertiary/aromatic N) is 1. The number of hydrogen-bond acceptors (Lipinski definition) is 6. The highest BCUT2D eigenvalue weighted by Gasteiger charge is 2.31. The van der Waals surface area contributed by atoms with Crippen molar-refractivity contribution in [1.29, 1.82) is 0 Å².